The van der Waals surface area contributed by atoms with Crippen molar-refractivity contribution in [1.82, 2.24) is 4.90 Å². The summed E-state index contributed by atoms with van der Waals surface area (Å²) in [6, 6.07) is 5.29. The van der Waals surface area contributed by atoms with Crippen molar-refractivity contribution in [3.8, 4) is 0 Å². The van der Waals surface area contributed by atoms with Crippen molar-refractivity contribution in [2.75, 3.05) is 43.9 Å². The first-order valence-electron chi connectivity index (χ1n) is 11.0. The minimum atomic E-state index is -4.30. The molecule has 6 nitrogen and oxygen atoms in total. The highest BCUT2D eigenvalue weighted by Gasteiger charge is 2.43. The molecule has 0 aromatic heterocycles. The van der Waals surface area contributed by atoms with E-state index in [0.717, 1.165) is 18.5 Å². The van der Waals surface area contributed by atoms with E-state index in [1.165, 1.54) is 0 Å². The molecule has 2 fully saturated rings. The zero-order valence-electron chi connectivity index (χ0n) is 18.8. The fourth-order valence-electron chi connectivity index (χ4n) is 4.70. The quantitative estimate of drug-likeness (QED) is 0.678. The van der Waals surface area contributed by atoms with Gasteiger partial charge in [0.1, 0.15) is 0 Å². The largest absolute Gasteiger partial charge is 0.414 e. The lowest BCUT2D eigenvalue weighted by Gasteiger charge is -2.46. The number of hydrogen-bond donors (Lipinski definition) is 1. The Kier molecular flexibility index (Phi) is 7.79. The summed E-state index contributed by atoms with van der Waals surface area (Å²) < 4.78 is 68.0. The fourth-order valence-corrected chi connectivity index (χ4v) is 5.64. The number of alkyl halides is 3. The summed E-state index contributed by atoms with van der Waals surface area (Å²) in [6.45, 7) is 6.82. The lowest BCUT2D eigenvalue weighted by atomic mass is 9.93. The first-order valence-corrected chi connectivity index (χ1v) is 12.9. The van der Waals surface area contributed by atoms with E-state index in [9.17, 15) is 26.7 Å². The second-order valence-corrected chi connectivity index (χ2v) is 11.3. The van der Waals surface area contributed by atoms with Crippen LogP contribution in [0.25, 0.3) is 0 Å². The van der Waals surface area contributed by atoms with Crippen molar-refractivity contribution in [2.24, 2.45) is 11.8 Å². The van der Waals surface area contributed by atoms with Gasteiger partial charge in [-0.05, 0) is 42.4 Å². The van der Waals surface area contributed by atoms with Crippen LogP contribution in [0.4, 0.5) is 18.9 Å². The molecular weight excluding hydrogens is 445 g/mol. The number of anilines is 1. The first-order chi connectivity index (χ1) is 14.9. The molecule has 0 bridgehead atoms. The number of aliphatic hydroxyl groups is 1. The third kappa shape index (κ3) is 5.95. The molecule has 182 valence electrons. The fraction of sp³-hybridized carbons (Fsp3) is 0.727. The Labute approximate surface area is 188 Å². The number of halogens is 3. The molecule has 1 N–H and O–H groups in total. The second kappa shape index (κ2) is 9.87. The average molecular weight is 479 g/mol. The van der Waals surface area contributed by atoms with E-state index < -0.39 is 22.1 Å². The third-order valence-electron chi connectivity index (χ3n) is 6.52. The summed E-state index contributed by atoms with van der Waals surface area (Å²) in [5.41, 5.74) is 1.17. The van der Waals surface area contributed by atoms with Gasteiger partial charge >= 0.3 is 6.18 Å². The Hall–Kier alpha value is -1.36. The SMILES string of the molecule is CC(C)[C@H]1CN(c2ccc(CO)c(S(C)(=O)=O)c2)CCN1C[C@H]1CC[C@H](C(F)(F)F)OC1. The van der Waals surface area contributed by atoms with Crippen molar-refractivity contribution < 1.29 is 31.4 Å². The monoisotopic (exact) mass is 478 g/mol. The predicted octanol–water partition coefficient (Wildman–Crippen LogP) is 3.09. The summed E-state index contributed by atoms with van der Waals surface area (Å²) in [7, 11) is -3.47. The molecule has 0 amide bonds. The Balaban J connectivity index is 1.68. The summed E-state index contributed by atoms with van der Waals surface area (Å²) in [4.78, 5) is 4.62. The molecule has 0 saturated carbocycles. The van der Waals surface area contributed by atoms with Crippen LogP contribution in [0, 0.1) is 11.8 Å². The number of nitrogens with zero attached hydrogens (tertiary/aromatic N) is 2. The highest BCUT2D eigenvalue weighted by atomic mass is 32.2. The van der Waals surface area contributed by atoms with Crippen LogP contribution in [-0.4, -0.2) is 75.8 Å². The van der Waals surface area contributed by atoms with Crippen LogP contribution in [-0.2, 0) is 21.2 Å². The Bertz CT molecular complexity index is 884. The van der Waals surface area contributed by atoms with Crippen LogP contribution < -0.4 is 4.90 Å². The zero-order chi connectivity index (χ0) is 23.7. The van der Waals surface area contributed by atoms with Gasteiger partial charge in [0.25, 0.3) is 0 Å². The molecule has 3 atom stereocenters. The van der Waals surface area contributed by atoms with Crippen molar-refractivity contribution in [3.63, 3.8) is 0 Å². The van der Waals surface area contributed by atoms with Gasteiger partial charge in [-0.3, -0.25) is 4.90 Å². The molecular formula is C22H33F3N2O4S. The van der Waals surface area contributed by atoms with Crippen LogP contribution >= 0.6 is 0 Å². The van der Waals surface area contributed by atoms with Gasteiger partial charge in [0.15, 0.2) is 15.9 Å². The standard InChI is InChI=1S/C22H33F3N2O4S/c1-15(2)19-12-26(18-6-5-17(13-28)20(10-18)32(3,29)30)8-9-27(19)11-16-4-7-21(31-14-16)22(23,24)25/h5-6,10,15-16,19,21,28H,4,7-9,11-14H2,1-3H3/t16-,19-,21-/m1/s1. The average Bonchev–Trinajstić information content (AvgIpc) is 2.72. The van der Waals surface area contributed by atoms with Gasteiger partial charge in [-0.25, -0.2) is 8.42 Å². The summed E-state index contributed by atoms with van der Waals surface area (Å²) in [5, 5.41) is 9.49. The number of ether oxygens (including phenoxy) is 1. The number of rotatable bonds is 6. The molecule has 2 saturated heterocycles. The smallest absolute Gasteiger partial charge is 0.392 e. The molecule has 10 heteroatoms. The van der Waals surface area contributed by atoms with Crippen molar-refractivity contribution in [1.29, 1.82) is 0 Å². The van der Waals surface area contributed by atoms with E-state index in [-0.39, 0.29) is 36.5 Å². The van der Waals surface area contributed by atoms with E-state index in [2.05, 4.69) is 23.6 Å². The van der Waals surface area contributed by atoms with Crippen LogP contribution in [0.3, 0.4) is 0 Å². The Morgan fingerprint density at radius 3 is 2.47 bits per heavy atom. The molecule has 0 spiro atoms. The molecule has 2 heterocycles. The predicted molar refractivity (Wildman–Crippen MR) is 116 cm³/mol. The maximum absolute atomic E-state index is 12.9. The molecule has 0 radical (unpaired) electrons. The first kappa shape index (κ1) is 25.3. The maximum Gasteiger partial charge on any atom is 0.414 e. The highest BCUT2D eigenvalue weighted by Crippen LogP contribution is 2.33. The van der Waals surface area contributed by atoms with Crippen LogP contribution in [0.1, 0.15) is 32.3 Å². The van der Waals surface area contributed by atoms with Gasteiger partial charge in [0.2, 0.25) is 0 Å². The van der Waals surface area contributed by atoms with Gasteiger partial charge < -0.3 is 14.7 Å². The summed E-state index contributed by atoms with van der Waals surface area (Å²) in [6.07, 6.45) is -4.31. The van der Waals surface area contributed by atoms with Crippen LogP contribution in [0.2, 0.25) is 0 Å². The van der Waals surface area contributed by atoms with Gasteiger partial charge in [0.05, 0.1) is 18.1 Å². The van der Waals surface area contributed by atoms with Crippen molar-refractivity contribution >= 4 is 15.5 Å². The van der Waals surface area contributed by atoms with Crippen LogP contribution in [0.15, 0.2) is 23.1 Å². The highest BCUT2D eigenvalue weighted by molar-refractivity contribution is 7.90. The normalized spacial score (nSPS) is 26.0. The Morgan fingerprint density at radius 1 is 1.22 bits per heavy atom. The minimum absolute atomic E-state index is 0.00590. The molecule has 3 rings (SSSR count). The minimum Gasteiger partial charge on any atom is -0.392 e. The molecule has 0 unspecified atom stereocenters. The lowest BCUT2D eigenvalue weighted by Crippen LogP contribution is -2.57. The molecule has 2 aliphatic rings. The number of aliphatic hydroxyl groups excluding tert-OH is 1. The molecule has 1 aromatic carbocycles. The summed E-state index contributed by atoms with van der Waals surface area (Å²) in [5.74, 6) is 0.387. The third-order valence-corrected chi connectivity index (χ3v) is 7.70. The number of sulfone groups is 1. The van der Waals surface area contributed by atoms with Crippen molar-refractivity contribution in [3.05, 3.63) is 23.8 Å². The van der Waals surface area contributed by atoms with Crippen LogP contribution in [0.5, 0.6) is 0 Å². The van der Waals surface area contributed by atoms with Gasteiger partial charge in [-0.15, -0.1) is 0 Å². The number of piperazine rings is 1. The van der Waals surface area contributed by atoms with E-state index in [4.69, 9.17) is 4.74 Å². The van der Waals surface area contributed by atoms with Gasteiger partial charge in [0, 0.05) is 44.2 Å². The molecule has 2 aliphatic heterocycles. The summed E-state index contributed by atoms with van der Waals surface area (Å²) >= 11 is 0. The van der Waals surface area contributed by atoms with E-state index in [0.29, 0.717) is 37.5 Å². The topological polar surface area (TPSA) is 70.1 Å². The molecule has 0 aliphatic carbocycles. The molecule has 32 heavy (non-hydrogen) atoms. The maximum atomic E-state index is 12.9. The Morgan fingerprint density at radius 2 is 1.94 bits per heavy atom. The zero-order valence-corrected chi connectivity index (χ0v) is 19.6. The van der Waals surface area contributed by atoms with E-state index in [1.54, 1.807) is 12.1 Å². The number of hydrogen-bond acceptors (Lipinski definition) is 6. The second-order valence-electron chi connectivity index (χ2n) is 9.28. The van der Waals surface area contributed by atoms with E-state index >= 15 is 0 Å². The van der Waals surface area contributed by atoms with E-state index in [1.807, 2.05) is 6.07 Å². The van der Waals surface area contributed by atoms with Gasteiger partial charge in [-0.1, -0.05) is 19.9 Å². The van der Waals surface area contributed by atoms with Gasteiger partial charge in [-0.2, -0.15) is 13.2 Å². The number of benzene rings is 1. The molecule has 1 aromatic rings. The van der Waals surface area contributed by atoms with Crippen molar-refractivity contribution in [2.45, 2.75) is 56.5 Å². The lowest BCUT2D eigenvalue weighted by molar-refractivity contribution is -0.236.